The SMILES string of the molecule is O=C(Nc1ccc2c(O)c(N=Nc3ccc4cc(S(=O)(=O)O)ccc4c3)c(S(=O)(=O)O)cc2c1)Nc1ccc2c(O)c(N=Nc3ccc4cc(S(=O)(=O)O)ccc4c3)c(S(=O)(=O)O)cc2c1.[Na].[Na].[Na].[Na]. The summed E-state index contributed by atoms with van der Waals surface area (Å²) in [6.07, 6.45) is 0. The number of carbonyl (C=O) groups excluding carboxylic acids is 1. The van der Waals surface area contributed by atoms with Gasteiger partial charge in [0.1, 0.15) is 21.2 Å². The Bertz CT molecular complexity index is 3710. The molecule has 0 atom stereocenters. The van der Waals surface area contributed by atoms with E-state index in [0.717, 1.165) is 24.3 Å². The number of phenols is 2. The predicted octanol–water partition coefficient (Wildman–Crippen LogP) is 7.65. The molecular formula is C41H28N6Na4O15S4. The molecule has 0 aliphatic heterocycles. The van der Waals surface area contributed by atoms with Gasteiger partial charge >= 0.3 is 6.03 Å². The van der Waals surface area contributed by atoms with Crippen molar-refractivity contribution in [2.24, 2.45) is 20.5 Å². The molecule has 0 saturated heterocycles. The summed E-state index contributed by atoms with van der Waals surface area (Å²) in [6.45, 7) is 0. The van der Waals surface area contributed by atoms with E-state index in [1.807, 2.05) is 0 Å². The van der Waals surface area contributed by atoms with Crippen LogP contribution >= 0.6 is 0 Å². The minimum Gasteiger partial charge on any atom is -0.505 e. The summed E-state index contributed by atoms with van der Waals surface area (Å²) >= 11 is 0. The number of nitrogens with one attached hydrogen (secondary N) is 2. The first kappa shape index (κ1) is 59.1. The molecule has 8 aromatic carbocycles. The van der Waals surface area contributed by atoms with Crippen LogP contribution in [0.3, 0.4) is 0 Å². The molecule has 29 heteroatoms. The van der Waals surface area contributed by atoms with Crippen LogP contribution in [0.5, 0.6) is 11.5 Å². The van der Waals surface area contributed by atoms with Crippen LogP contribution < -0.4 is 10.6 Å². The van der Waals surface area contributed by atoms with Gasteiger partial charge in [-0.1, -0.05) is 24.3 Å². The van der Waals surface area contributed by atoms with Gasteiger partial charge < -0.3 is 20.8 Å². The monoisotopic (exact) mass is 1060 g/mol. The Kier molecular flexibility index (Phi) is 19.2. The number of amides is 2. The van der Waals surface area contributed by atoms with Crippen molar-refractivity contribution in [1.29, 1.82) is 0 Å². The van der Waals surface area contributed by atoms with Gasteiger partial charge in [-0.3, -0.25) is 18.2 Å². The summed E-state index contributed by atoms with van der Waals surface area (Å²) in [4.78, 5) is 10.8. The average Bonchev–Trinajstić information content (AvgIpc) is 3.23. The zero-order chi connectivity index (χ0) is 47.5. The number of azo groups is 2. The quantitative estimate of drug-likeness (QED) is 0.0370. The molecule has 21 nitrogen and oxygen atoms in total. The topological polar surface area (TPSA) is 349 Å². The number of anilines is 2. The zero-order valence-electron chi connectivity index (χ0n) is 36.8. The first-order valence-corrected chi connectivity index (χ1v) is 24.2. The number of phenolic OH excluding ortho intramolecular Hbond substituents is 2. The molecule has 340 valence electrons. The maximum Gasteiger partial charge on any atom is 0.323 e. The molecule has 0 aliphatic carbocycles. The number of urea groups is 1. The molecule has 0 spiro atoms. The average molecular weight is 1060 g/mol. The second-order valence-corrected chi connectivity index (χ2v) is 19.9. The molecule has 70 heavy (non-hydrogen) atoms. The second kappa shape index (κ2) is 22.7. The van der Waals surface area contributed by atoms with Gasteiger partial charge in [0.15, 0.2) is 11.5 Å². The molecule has 0 saturated carbocycles. The number of rotatable bonds is 10. The largest absolute Gasteiger partial charge is 0.505 e. The van der Waals surface area contributed by atoms with Crippen LogP contribution in [0.15, 0.2) is 161 Å². The second-order valence-electron chi connectivity index (χ2n) is 14.3. The number of carbonyl (C=O) groups is 1. The Morgan fingerprint density at radius 2 is 0.729 bits per heavy atom. The maximum absolute atomic E-state index is 13.1. The third-order valence-electron chi connectivity index (χ3n) is 9.89. The van der Waals surface area contributed by atoms with Crippen LogP contribution in [0.25, 0.3) is 43.1 Å². The van der Waals surface area contributed by atoms with E-state index < -0.39 is 79.2 Å². The Balaban J connectivity index is 0.00000266. The van der Waals surface area contributed by atoms with Crippen LogP contribution in [0.2, 0.25) is 0 Å². The van der Waals surface area contributed by atoms with Crippen molar-refractivity contribution in [2.45, 2.75) is 19.6 Å². The third kappa shape index (κ3) is 13.2. The molecule has 0 aliphatic rings. The van der Waals surface area contributed by atoms with Gasteiger partial charge in [-0.05, 0) is 129 Å². The van der Waals surface area contributed by atoms with Gasteiger partial charge in [-0.15, -0.1) is 10.2 Å². The van der Waals surface area contributed by atoms with Gasteiger partial charge in [0.2, 0.25) is 0 Å². The summed E-state index contributed by atoms with van der Waals surface area (Å²) in [6, 6.07) is 25.3. The number of hydrogen-bond donors (Lipinski definition) is 8. The number of nitrogens with zero attached hydrogens (tertiary/aromatic N) is 4. The molecule has 8 rings (SSSR count). The van der Waals surface area contributed by atoms with Crippen LogP contribution in [-0.2, 0) is 40.5 Å². The van der Waals surface area contributed by atoms with Crippen molar-refractivity contribution >= 4 is 242 Å². The van der Waals surface area contributed by atoms with E-state index in [1.54, 1.807) is 0 Å². The van der Waals surface area contributed by atoms with Gasteiger partial charge in [-0.2, -0.15) is 43.9 Å². The van der Waals surface area contributed by atoms with E-state index in [4.69, 9.17) is 0 Å². The molecule has 4 radical (unpaired) electrons. The van der Waals surface area contributed by atoms with Crippen LogP contribution in [0.1, 0.15) is 0 Å². The standard InChI is InChI=1S/C41H28N6O15S4.4Na/c48-39-33-11-7-27(15-25(33)19-35(65(57,58)59)37(39)46-44-29-5-1-23-17-31(63(51,52)53)9-3-21(23)13-29)42-41(50)43-28-8-12-34-26(16-28)20-36(66(60,61)62)38(40(34)49)47-45-30-6-2-24-18-32(64(54,55)56)10-4-22(24)14-30;;;;/h1-20,48-49H,(H2,42,43,50)(H,51,52,53)(H,54,55,56)(H,57,58,59)(H,60,61,62);;;;. The van der Waals surface area contributed by atoms with E-state index in [9.17, 15) is 66.9 Å². The van der Waals surface area contributed by atoms with Crippen molar-refractivity contribution in [1.82, 2.24) is 0 Å². The minimum atomic E-state index is -5.04. The smallest absolute Gasteiger partial charge is 0.323 e. The first-order chi connectivity index (χ1) is 30.9. The van der Waals surface area contributed by atoms with Gasteiger partial charge in [0.25, 0.3) is 40.5 Å². The van der Waals surface area contributed by atoms with Crippen molar-refractivity contribution < 1.29 is 66.9 Å². The molecule has 0 heterocycles. The fourth-order valence-corrected chi connectivity index (χ4v) is 9.17. The maximum atomic E-state index is 13.1. The number of fused-ring (bicyclic) bond motifs is 4. The number of benzene rings is 8. The Labute approximate surface area is 486 Å². The van der Waals surface area contributed by atoms with E-state index in [0.29, 0.717) is 21.5 Å². The molecule has 0 bridgehead atoms. The number of hydrogen-bond acceptors (Lipinski definition) is 15. The summed E-state index contributed by atoms with van der Waals surface area (Å²) in [5, 5.41) is 45.0. The molecule has 2 amide bonds. The fraction of sp³-hybridized carbons (Fsp3) is 0. The molecule has 0 fully saturated rings. The first-order valence-electron chi connectivity index (χ1n) is 18.4. The predicted molar refractivity (Wildman–Crippen MR) is 262 cm³/mol. The van der Waals surface area contributed by atoms with E-state index in [2.05, 4.69) is 31.1 Å². The zero-order valence-corrected chi connectivity index (χ0v) is 48.1. The van der Waals surface area contributed by atoms with E-state index in [1.165, 1.54) is 97.1 Å². The molecule has 0 unspecified atom stereocenters. The third-order valence-corrected chi connectivity index (χ3v) is 13.3. The van der Waals surface area contributed by atoms with E-state index in [-0.39, 0.29) is 172 Å². The Hall–Kier alpha value is -3.49. The molecule has 8 N–H and O–H groups in total. The summed E-state index contributed by atoms with van der Waals surface area (Å²) in [5.74, 6) is -1.39. The molecular weight excluding hydrogens is 1040 g/mol. The van der Waals surface area contributed by atoms with Gasteiger partial charge in [-0.25, -0.2) is 4.79 Å². The van der Waals surface area contributed by atoms with Crippen LogP contribution in [0, 0.1) is 0 Å². The van der Waals surface area contributed by atoms with Crippen LogP contribution in [-0.4, -0.2) is 186 Å². The van der Waals surface area contributed by atoms with Gasteiger partial charge in [0, 0.05) is 140 Å². The fourth-order valence-electron chi connectivity index (χ4n) is 6.82. The summed E-state index contributed by atoms with van der Waals surface area (Å²) in [7, 11) is -19.0. The van der Waals surface area contributed by atoms with Crippen LogP contribution in [0.4, 0.5) is 38.9 Å². The normalized spacial score (nSPS) is 12.1. The molecule has 0 aromatic heterocycles. The van der Waals surface area contributed by atoms with E-state index >= 15 is 0 Å². The minimum absolute atomic E-state index is 0. The summed E-state index contributed by atoms with van der Waals surface area (Å²) in [5.41, 5.74) is -0.812. The Morgan fingerprint density at radius 1 is 0.386 bits per heavy atom. The van der Waals surface area contributed by atoms with Crippen molar-refractivity contribution in [2.75, 3.05) is 10.6 Å². The molecule has 8 aromatic rings. The number of aromatic hydroxyl groups is 2. The van der Waals surface area contributed by atoms with Crippen molar-refractivity contribution in [3.63, 3.8) is 0 Å². The summed E-state index contributed by atoms with van der Waals surface area (Å²) < 4.78 is 135. The Morgan fingerprint density at radius 3 is 1.07 bits per heavy atom. The van der Waals surface area contributed by atoms with Crippen molar-refractivity contribution in [3.8, 4) is 11.5 Å². The van der Waals surface area contributed by atoms with Crippen molar-refractivity contribution in [3.05, 3.63) is 121 Å². The van der Waals surface area contributed by atoms with Gasteiger partial charge in [0.05, 0.1) is 21.2 Å².